The van der Waals surface area contributed by atoms with Crippen molar-refractivity contribution >= 4 is 28.4 Å². The van der Waals surface area contributed by atoms with Gasteiger partial charge in [0.2, 0.25) is 5.89 Å². The Morgan fingerprint density at radius 3 is 2.80 bits per heavy atom. The van der Waals surface area contributed by atoms with Gasteiger partial charge >= 0.3 is 0 Å². The van der Waals surface area contributed by atoms with E-state index in [0.29, 0.717) is 22.7 Å². The summed E-state index contributed by atoms with van der Waals surface area (Å²) in [4.78, 5) is 4.20. The van der Waals surface area contributed by atoms with Gasteiger partial charge in [0.25, 0.3) is 0 Å². The molecule has 1 aromatic heterocycles. The van der Waals surface area contributed by atoms with Crippen LogP contribution in [0, 0.1) is 5.82 Å². The molecule has 6 heteroatoms. The minimum Gasteiger partial charge on any atom is -0.479 e. The van der Waals surface area contributed by atoms with E-state index in [1.54, 1.807) is 24.3 Å². The van der Waals surface area contributed by atoms with Gasteiger partial charge in [0, 0.05) is 0 Å². The number of nitrogens with zero attached hydrogens (tertiary/aromatic N) is 1. The van der Waals surface area contributed by atoms with Crippen LogP contribution in [0.2, 0.25) is 5.02 Å². The van der Waals surface area contributed by atoms with Gasteiger partial charge in [0.1, 0.15) is 5.52 Å². The van der Waals surface area contributed by atoms with Gasteiger partial charge in [-0.3, -0.25) is 0 Å². The second kappa shape index (κ2) is 5.02. The van der Waals surface area contributed by atoms with Crippen LogP contribution < -0.4 is 10.5 Å². The number of para-hydroxylation sites is 2. The minimum atomic E-state index is -0.534. The number of halogens is 2. The molecule has 20 heavy (non-hydrogen) atoms. The predicted octanol–water partition coefficient (Wildman–Crippen LogP) is 3.78. The summed E-state index contributed by atoms with van der Waals surface area (Å²) >= 11 is 5.86. The van der Waals surface area contributed by atoms with Crippen molar-refractivity contribution in [1.82, 2.24) is 4.98 Å². The Morgan fingerprint density at radius 2 is 2.05 bits per heavy atom. The highest BCUT2D eigenvalue weighted by Crippen LogP contribution is 2.28. The molecule has 0 radical (unpaired) electrons. The third-order valence-corrected chi connectivity index (χ3v) is 3.05. The van der Waals surface area contributed by atoms with E-state index in [1.807, 2.05) is 0 Å². The van der Waals surface area contributed by atoms with Crippen molar-refractivity contribution in [1.29, 1.82) is 0 Å². The fraction of sp³-hybridized carbons (Fsp3) is 0.0714. The van der Waals surface area contributed by atoms with Gasteiger partial charge in [0.05, 0.1) is 10.7 Å². The molecule has 3 rings (SSSR count). The van der Waals surface area contributed by atoms with E-state index in [-0.39, 0.29) is 17.4 Å². The standard InChI is InChI=1S/C14H10ClFN2O2/c15-8-3-1-4-9(16)14(8)19-7-12-18-13-10(17)5-2-6-11(13)20-12/h1-6H,7,17H2. The molecule has 102 valence electrons. The second-order valence-electron chi connectivity index (χ2n) is 4.14. The molecule has 2 N–H and O–H groups in total. The van der Waals surface area contributed by atoms with E-state index in [4.69, 9.17) is 26.5 Å². The SMILES string of the molecule is Nc1cccc2oc(COc3c(F)cccc3Cl)nc12. The van der Waals surface area contributed by atoms with E-state index in [9.17, 15) is 4.39 Å². The summed E-state index contributed by atoms with van der Waals surface area (Å²) in [7, 11) is 0. The van der Waals surface area contributed by atoms with E-state index in [2.05, 4.69) is 4.98 Å². The van der Waals surface area contributed by atoms with Crippen LogP contribution in [0.1, 0.15) is 5.89 Å². The van der Waals surface area contributed by atoms with E-state index >= 15 is 0 Å². The lowest BCUT2D eigenvalue weighted by atomic mass is 10.3. The van der Waals surface area contributed by atoms with Crippen LogP contribution in [-0.2, 0) is 6.61 Å². The highest BCUT2D eigenvalue weighted by molar-refractivity contribution is 6.32. The maximum absolute atomic E-state index is 13.5. The van der Waals surface area contributed by atoms with Crippen molar-refractivity contribution in [2.45, 2.75) is 6.61 Å². The molecule has 0 fully saturated rings. The number of hydrogen-bond acceptors (Lipinski definition) is 4. The number of oxazole rings is 1. The Kier molecular flexibility index (Phi) is 3.20. The van der Waals surface area contributed by atoms with Crippen LogP contribution in [0.5, 0.6) is 5.75 Å². The topological polar surface area (TPSA) is 61.3 Å². The average Bonchev–Trinajstić information content (AvgIpc) is 2.83. The third kappa shape index (κ3) is 2.28. The zero-order valence-electron chi connectivity index (χ0n) is 10.3. The number of aromatic nitrogens is 1. The molecule has 0 spiro atoms. The number of benzene rings is 2. The first-order chi connectivity index (χ1) is 9.65. The van der Waals surface area contributed by atoms with Crippen LogP contribution in [0.15, 0.2) is 40.8 Å². The van der Waals surface area contributed by atoms with Crippen molar-refractivity contribution < 1.29 is 13.5 Å². The molecule has 3 aromatic rings. The molecule has 0 atom stereocenters. The van der Waals surface area contributed by atoms with Crippen LogP contribution in [-0.4, -0.2) is 4.98 Å². The average molecular weight is 293 g/mol. The quantitative estimate of drug-likeness (QED) is 0.746. The van der Waals surface area contributed by atoms with Crippen molar-refractivity contribution in [3.63, 3.8) is 0 Å². The predicted molar refractivity (Wildman–Crippen MR) is 74.2 cm³/mol. The van der Waals surface area contributed by atoms with Gasteiger partial charge < -0.3 is 14.9 Å². The molecule has 0 unspecified atom stereocenters. The summed E-state index contributed by atoms with van der Waals surface area (Å²) < 4.78 is 24.3. The Labute approximate surface area is 118 Å². The van der Waals surface area contributed by atoms with Gasteiger partial charge in [-0.25, -0.2) is 9.37 Å². The summed E-state index contributed by atoms with van der Waals surface area (Å²) in [6.07, 6.45) is 0. The zero-order chi connectivity index (χ0) is 14.1. The van der Waals surface area contributed by atoms with Crippen LogP contribution in [0.3, 0.4) is 0 Å². The summed E-state index contributed by atoms with van der Waals surface area (Å²) in [6, 6.07) is 9.56. The van der Waals surface area contributed by atoms with Crippen LogP contribution in [0.4, 0.5) is 10.1 Å². The third-order valence-electron chi connectivity index (χ3n) is 2.75. The highest BCUT2D eigenvalue weighted by atomic mass is 35.5. The lowest BCUT2D eigenvalue weighted by Crippen LogP contribution is -1.98. The molecule has 2 aromatic carbocycles. The van der Waals surface area contributed by atoms with Crippen molar-refractivity contribution in [3.8, 4) is 5.75 Å². The highest BCUT2D eigenvalue weighted by Gasteiger charge is 2.12. The number of ether oxygens (including phenoxy) is 1. The lowest BCUT2D eigenvalue weighted by Gasteiger charge is -2.06. The number of anilines is 1. The molecule has 0 amide bonds. The molecule has 0 saturated heterocycles. The fourth-order valence-corrected chi connectivity index (χ4v) is 2.05. The Bertz CT molecular complexity index is 753. The van der Waals surface area contributed by atoms with Crippen molar-refractivity contribution in [2.24, 2.45) is 0 Å². The summed E-state index contributed by atoms with van der Waals surface area (Å²) in [5, 5.41) is 0.195. The molecular formula is C14H10ClFN2O2. The van der Waals surface area contributed by atoms with Gasteiger partial charge in [-0.1, -0.05) is 23.7 Å². The maximum Gasteiger partial charge on any atom is 0.233 e. The molecule has 0 aliphatic rings. The lowest BCUT2D eigenvalue weighted by molar-refractivity contribution is 0.256. The molecule has 0 saturated carbocycles. The number of hydrogen-bond donors (Lipinski definition) is 1. The first-order valence-corrected chi connectivity index (χ1v) is 6.23. The van der Waals surface area contributed by atoms with Gasteiger partial charge in [-0.15, -0.1) is 0 Å². The zero-order valence-corrected chi connectivity index (χ0v) is 11.0. The van der Waals surface area contributed by atoms with Gasteiger partial charge in [0.15, 0.2) is 23.8 Å². The maximum atomic E-state index is 13.5. The molecule has 0 bridgehead atoms. The van der Waals surface area contributed by atoms with Crippen molar-refractivity contribution in [2.75, 3.05) is 5.73 Å². The van der Waals surface area contributed by atoms with E-state index in [1.165, 1.54) is 12.1 Å². The fourth-order valence-electron chi connectivity index (χ4n) is 1.83. The number of fused-ring (bicyclic) bond motifs is 1. The first-order valence-electron chi connectivity index (χ1n) is 5.86. The van der Waals surface area contributed by atoms with Crippen LogP contribution in [0.25, 0.3) is 11.1 Å². The van der Waals surface area contributed by atoms with Gasteiger partial charge in [-0.05, 0) is 24.3 Å². The van der Waals surface area contributed by atoms with E-state index < -0.39 is 5.82 Å². The summed E-state index contributed by atoms with van der Waals surface area (Å²) in [6.45, 7) is -0.0330. The summed E-state index contributed by atoms with van der Waals surface area (Å²) in [5.74, 6) is -0.255. The number of nitrogen functional groups attached to an aromatic ring is 1. The Balaban J connectivity index is 1.85. The largest absolute Gasteiger partial charge is 0.479 e. The molecule has 0 aliphatic carbocycles. The first kappa shape index (κ1) is 12.7. The summed E-state index contributed by atoms with van der Waals surface area (Å²) in [5.41, 5.74) is 7.42. The molecular weight excluding hydrogens is 283 g/mol. The smallest absolute Gasteiger partial charge is 0.233 e. The molecule has 0 aliphatic heterocycles. The Hall–Kier alpha value is -2.27. The minimum absolute atomic E-state index is 0.0237. The Morgan fingerprint density at radius 1 is 1.25 bits per heavy atom. The van der Waals surface area contributed by atoms with E-state index in [0.717, 1.165) is 0 Å². The second-order valence-corrected chi connectivity index (χ2v) is 4.55. The van der Waals surface area contributed by atoms with Gasteiger partial charge in [-0.2, -0.15) is 0 Å². The van der Waals surface area contributed by atoms with Crippen molar-refractivity contribution in [3.05, 3.63) is 53.1 Å². The normalized spacial score (nSPS) is 10.9. The molecule has 1 heterocycles. The number of nitrogens with two attached hydrogens (primary N) is 1. The monoisotopic (exact) mass is 292 g/mol. The van der Waals surface area contributed by atoms with Crippen LogP contribution >= 0.6 is 11.6 Å². The number of rotatable bonds is 3. The molecule has 4 nitrogen and oxygen atoms in total.